The number of nitrogens with one attached hydrogen (secondary N) is 2. The van der Waals surface area contributed by atoms with Gasteiger partial charge in [-0.3, -0.25) is 10.1 Å². The van der Waals surface area contributed by atoms with Gasteiger partial charge in [0, 0.05) is 13.1 Å². The van der Waals surface area contributed by atoms with Gasteiger partial charge in [0.05, 0.1) is 11.4 Å². The van der Waals surface area contributed by atoms with Gasteiger partial charge in [0.2, 0.25) is 0 Å². The Morgan fingerprint density at radius 3 is 2.46 bits per heavy atom. The lowest BCUT2D eigenvalue weighted by Gasteiger charge is -2.22. The minimum Gasteiger partial charge on any atom is -0.484 e. The Balaban J connectivity index is 1.50. The number of carbonyl (C=O) groups is 1. The van der Waals surface area contributed by atoms with Crippen molar-refractivity contribution in [2.24, 2.45) is 0 Å². The minimum absolute atomic E-state index is 0.0867. The Labute approximate surface area is 172 Å². The van der Waals surface area contributed by atoms with Crippen molar-refractivity contribution < 1.29 is 9.53 Å². The third-order valence-electron chi connectivity index (χ3n) is 4.77. The summed E-state index contributed by atoms with van der Waals surface area (Å²) in [5, 5.41) is 6.10. The highest BCUT2D eigenvalue weighted by atomic mass is 32.1. The number of rotatable bonds is 6. The van der Waals surface area contributed by atoms with E-state index in [-0.39, 0.29) is 17.6 Å². The van der Waals surface area contributed by atoms with Crippen molar-refractivity contribution in [3.8, 4) is 5.75 Å². The summed E-state index contributed by atoms with van der Waals surface area (Å²) in [7, 11) is 0. The normalized spacial score (nSPS) is 13.5. The number of nitrogens with zero attached hydrogens (tertiary/aromatic N) is 1. The summed E-state index contributed by atoms with van der Waals surface area (Å²) >= 11 is 5.31. The van der Waals surface area contributed by atoms with Crippen LogP contribution in [0.3, 0.4) is 0 Å². The molecule has 1 aliphatic heterocycles. The molecule has 0 aromatic heterocycles. The second-order valence-corrected chi connectivity index (χ2v) is 7.63. The van der Waals surface area contributed by atoms with Crippen LogP contribution in [-0.2, 0) is 4.79 Å². The van der Waals surface area contributed by atoms with Crippen LogP contribution in [0.2, 0.25) is 0 Å². The van der Waals surface area contributed by atoms with Crippen molar-refractivity contribution in [1.29, 1.82) is 0 Å². The number of para-hydroxylation sites is 2. The van der Waals surface area contributed by atoms with E-state index in [1.54, 1.807) is 0 Å². The summed E-state index contributed by atoms with van der Waals surface area (Å²) in [6, 6.07) is 15.8. The molecule has 28 heavy (non-hydrogen) atoms. The van der Waals surface area contributed by atoms with Crippen molar-refractivity contribution >= 4 is 34.6 Å². The molecule has 0 bridgehead atoms. The monoisotopic (exact) mass is 397 g/mol. The zero-order valence-corrected chi connectivity index (χ0v) is 17.2. The maximum Gasteiger partial charge on any atom is 0.264 e. The van der Waals surface area contributed by atoms with Crippen molar-refractivity contribution in [3.05, 3.63) is 54.1 Å². The zero-order valence-electron chi connectivity index (χ0n) is 16.4. The Hall–Kier alpha value is -2.60. The summed E-state index contributed by atoms with van der Waals surface area (Å²) in [6.45, 7) is 6.28. The van der Waals surface area contributed by atoms with Crippen LogP contribution in [-0.4, -0.2) is 30.7 Å². The molecule has 1 aliphatic rings. The topological polar surface area (TPSA) is 53.6 Å². The summed E-state index contributed by atoms with van der Waals surface area (Å²) in [4.78, 5) is 14.5. The van der Waals surface area contributed by atoms with Crippen LogP contribution < -0.4 is 20.3 Å². The van der Waals surface area contributed by atoms with E-state index < -0.39 is 0 Å². The van der Waals surface area contributed by atoms with Crippen LogP contribution in [0.25, 0.3) is 0 Å². The van der Waals surface area contributed by atoms with Crippen molar-refractivity contribution in [2.45, 2.75) is 32.6 Å². The first-order valence-corrected chi connectivity index (χ1v) is 10.1. The van der Waals surface area contributed by atoms with Gasteiger partial charge in [-0.1, -0.05) is 38.1 Å². The van der Waals surface area contributed by atoms with Gasteiger partial charge in [-0.2, -0.15) is 0 Å². The third kappa shape index (κ3) is 5.45. The van der Waals surface area contributed by atoms with Crippen molar-refractivity contribution in [1.82, 2.24) is 5.32 Å². The van der Waals surface area contributed by atoms with Crippen LogP contribution in [0, 0.1) is 0 Å². The predicted molar refractivity (Wildman–Crippen MR) is 118 cm³/mol. The highest BCUT2D eigenvalue weighted by molar-refractivity contribution is 7.80. The standard InChI is InChI=1S/C22H27N3O2S/c1-16(2)17-9-11-18(12-10-17)27-15-21(26)24-22(28)23-19-7-3-4-8-20(19)25-13-5-6-14-25/h3-4,7-12,16H,5-6,13-15H2,1-2H3,(H2,23,24,26,28). The first-order valence-electron chi connectivity index (χ1n) is 9.70. The maximum absolute atomic E-state index is 12.2. The summed E-state index contributed by atoms with van der Waals surface area (Å²) in [6.07, 6.45) is 2.40. The molecule has 2 aromatic carbocycles. The van der Waals surface area contributed by atoms with Crippen LogP contribution in [0.15, 0.2) is 48.5 Å². The molecule has 1 heterocycles. The molecule has 1 amide bonds. The SMILES string of the molecule is CC(C)c1ccc(OCC(=O)NC(=S)Nc2ccccc2N2CCCC2)cc1. The zero-order chi connectivity index (χ0) is 19.9. The maximum atomic E-state index is 12.2. The number of thiocarbonyl (C=S) groups is 1. The fourth-order valence-corrected chi connectivity index (χ4v) is 3.45. The smallest absolute Gasteiger partial charge is 0.264 e. The lowest BCUT2D eigenvalue weighted by atomic mass is 10.0. The van der Waals surface area contributed by atoms with Gasteiger partial charge in [0.25, 0.3) is 5.91 Å². The van der Waals surface area contributed by atoms with Gasteiger partial charge < -0.3 is 15.0 Å². The number of carbonyl (C=O) groups excluding carboxylic acids is 1. The predicted octanol–water partition coefficient (Wildman–Crippen LogP) is 4.30. The number of anilines is 2. The average Bonchev–Trinajstić information content (AvgIpc) is 3.21. The van der Waals surface area contributed by atoms with Gasteiger partial charge >= 0.3 is 0 Å². The Bertz CT molecular complexity index is 815. The number of benzene rings is 2. The van der Waals surface area contributed by atoms with Gasteiger partial charge in [0.1, 0.15) is 5.75 Å². The second-order valence-electron chi connectivity index (χ2n) is 7.23. The van der Waals surface area contributed by atoms with Gasteiger partial charge in [-0.25, -0.2) is 0 Å². The van der Waals surface area contributed by atoms with E-state index in [0.717, 1.165) is 24.5 Å². The molecule has 0 aliphatic carbocycles. The van der Waals surface area contributed by atoms with E-state index in [4.69, 9.17) is 17.0 Å². The summed E-state index contributed by atoms with van der Waals surface area (Å²) in [5.41, 5.74) is 3.25. The number of hydrogen-bond acceptors (Lipinski definition) is 4. The van der Waals surface area contributed by atoms with E-state index in [0.29, 0.717) is 11.7 Å². The highest BCUT2D eigenvalue weighted by Crippen LogP contribution is 2.28. The molecule has 1 fully saturated rings. The van der Waals surface area contributed by atoms with E-state index in [1.165, 1.54) is 18.4 Å². The van der Waals surface area contributed by atoms with Crippen LogP contribution >= 0.6 is 12.2 Å². The van der Waals surface area contributed by atoms with Crippen LogP contribution in [0.1, 0.15) is 38.2 Å². The Kier molecular flexibility index (Phi) is 6.87. The minimum atomic E-state index is -0.288. The molecular weight excluding hydrogens is 370 g/mol. The quantitative estimate of drug-likeness (QED) is 0.712. The van der Waals surface area contributed by atoms with E-state index in [9.17, 15) is 4.79 Å². The van der Waals surface area contributed by atoms with Crippen molar-refractivity contribution in [3.63, 3.8) is 0 Å². The van der Waals surface area contributed by atoms with Gasteiger partial charge in [0.15, 0.2) is 11.7 Å². The molecule has 6 heteroatoms. The molecule has 3 rings (SSSR count). The van der Waals surface area contributed by atoms with Gasteiger partial charge in [-0.05, 0) is 60.8 Å². The molecule has 0 spiro atoms. The fourth-order valence-electron chi connectivity index (χ4n) is 3.23. The molecule has 0 unspecified atom stereocenters. The van der Waals surface area contributed by atoms with Crippen molar-refractivity contribution in [2.75, 3.05) is 29.9 Å². The summed E-state index contributed by atoms with van der Waals surface area (Å²) < 4.78 is 5.55. The van der Waals surface area contributed by atoms with Crippen LogP contribution in [0.4, 0.5) is 11.4 Å². The number of hydrogen-bond donors (Lipinski definition) is 2. The largest absolute Gasteiger partial charge is 0.484 e. The molecule has 0 saturated carbocycles. The first-order chi connectivity index (χ1) is 13.5. The lowest BCUT2D eigenvalue weighted by molar-refractivity contribution is -0.121. The molecular formula is C22H27N3O2S. The van der Waals surface area contributed by atoms with E-state index >= 15 is 0 Å². The number of amides is 1. The van der Waals surface area contributed by atoms with Gasteiger partial charge in [-0.15, -0.1) is 0 Å². The average molecular weight is 398 g/mol. The lowest BCUT2D eigenvalue weighted by Crippen LogP contribution is -2.37. The molecule has 1 saturated heterocycles. The van der Waals surface area contributed by atoms with E-state index in [1.807, 2.05) is 42.5 Å². The van der Waals surface area contributed by atoms with E-state index in [2.05, 4.69) is 35.4 Å². The Morgan fingerprint density at radius 1 is 1.11 bits per heavy atom. The number of ether oxygens (including phenoxy) is 1. The molecule has 2 aromatic rings. The molecule has 2 N–H and O–H groups in total. The molecule has 0 atom stereocenters. The summed E-state index contributed by atoms with van der Waals surface area (Å²) in [5.74, 6) is 0.839. The Morgan fingerprint density at radius 2 is 1.79 bits per heavy atom. The molecule has 5 nitrogen and oxygen atoms in total. The van der Waals surface area contributed by atoms with Crippen LogP contribution in [0.5, 0.6) is 5.75 Å². The molecule has 148 valence electrons. The second kappa shape index (κ2) is 9.55. The fraction of sp³-hybridized carbons (Fsp3) is 0.364. The highest BCUT2D eigenvalue weighted by Gasteiger charge is 2.16. The first kappa shape index (κ1) is 20.1. The molecule has 0 radical (unpaired) electrons. The third-order valence-corrected chi connectivity index (χ3v) is 4.97.